The molecule has 2 aliphatic rings. The molecular weight excluding hydrogens is 431 g/mol. The molecule has 1 fully saturated rings. The summed E-state index contributed by atoms with van der Waals surface area (Å²) in [5, 5.41) is 1.29. The number of halogens is 1. The van der Waals surface area contributed by atoms with Crippen molar-refractivity contribution in [3.8, 4) is 11.4 Å². The molecular formula is C27H29FN4O2. The van der Waals surface area contributed by atoms with Gasteiger partial charge in [-0.2, -0.15) is 0 Å². The highest BCUT2D eigenvalue weighted by Crippen LogP contribution is 2.41. The Morgan fingerprint density at radius 3 is 2.82 bits per heavy atom. The Kier molecular flexibility index (Phi) is 5.73. The van der Waals surface area contributed by atoms with Crippen LogP contribution >= 0.6 is 0 Å². The molecule has 5 heterocycles. The SMILES string of the molecule is C.Cn1c2c(c3ccc(-n4ccc(OCc5ccc(F)cn5)cc4=O)cc31)CCN1CCCC21. The summed E-state index contributed by atoms with van der Waals surface area (Å²) in [6, 6.07) is 12.9. The number of aryl methyl sites for hydroxylation is 1. The van der Waals surface area contributed by atoms with Crippen LogP contribution in [0.2, 0.25) is 0 Å². The molecule has 0 saturated carbocycles. The molecule has 0 amide bonds. The third-order valence-corrected chi connectivity index (χ3v) is 7.01. The predicted molar refractivity (Wildman–Crippen MR) is 131 cm³/mol. The van der Waals surface area contributed by atoms with Crippen LogP contribution in [0.3, 0.4) is 0 Å². The van der Waals surface area contributed by atoms with Crippen LogP contribution in [0.15, 0.2) is 59.7 Å². The van der Waals surface area contributed by atoms with Gasteiger partial charge >= 0.3 is 0 Å². The van der Waals surface area contributed by atoms with Crippen molar-refractivity contribution in [2.45, 2.75) is 39.3 Å². The minimum absolute atomic E-state index is 0. The lowest BCUT2D eigenvalue weighted by molar-refractivity contribution is 0.236. The third-order valence-electron chi connectivity index (χ3n) is 7.01. The third kappa shape index (κ3) is 3.70. The number of ether oxygens (including phenoxy) is 1. The summed E-state index contributed by atoms with van der Waals surface area (Å²) < 4.78 is 22.6. The molecule has 1 atom stereocenters. The minimum Gasteiger partial charge on any atom is -0.487 e. The zero-order chi connectivity index (χ0) is 22.5. The lowest BCUT2D eigenvalue weighted by Gasteiger charge is -2.30. The van der Waals surface area contributed by atoms with Gasteiger partial charge in [0.15, 0.2) is 0 Å². The van der Waals surface area contributed by atoms with E-state index in [-0.39, 0.29) is 19.6 Å². The molecule has 34 heavy (non-hydrogen) atoms. The van der Waals surface area contributed by atoms with Crippen LogP contribution in [0.25, 0.3) is 16.6 Å². The zero-order valence-corrected chi connectivity index (χ0v) is 18.5. The van der Waals surface area contributed by atoms with Crippen LogP contribution in [-0.4, -0.2) is 32.1 Å². The highest BCUT2D eigenvalue weighted by atomic mass is 19.1. The second kappa shape index (κ2) is 8.72. The lowest BCUT2D eigenvalue weighted by atomic mass is 9.97. The Hall–Kier alpha value is -3.45. The summed E-state index contributed by atoms with van der Waals surface area (Å²) in [7, 11) is 2.15. The van der Waals surface area contributed by atoms with Crippen LogP contribution in [0.1, 0.15) is 43.3 Å². The second-order valence-electron chi connectivity index (χ2n) is 8.90. The van der Waals surface area contributed by atoms with Gasteiger partial charge in [-0.3, -0.25) is 19.2 Å². The average Bonchev–Trinajstić information content (AvgIpc) is 3.41. The van der Waals surface area contributed by atoms with Gasteiger partial charge < -0.3 is 9.30 Å². The van der Waals surface area contributed by atoms with E-state index in [1.54, 1.807) is 22.9 Å². The summed E-state index contributed by atoms with van der Waals surface area (Å²) in [6.07, 6.45) is 6.45. The summed E-state index contributed by atoms with van der Waals surface area (Å²) >= 11 is 0. The topological polar surface area (TPSA) is 52.3 Å². The van der Waals surface area contributed by atoms with Gasteiger partial charge in [-0.15, -0.1) is 0 Å². The maximum atomic E-state index is 13.0. The first-order valence-corrected chi connectivity index (χ1v) is 11.4. The van der Waals surface area contributed by atoms with Crippen molar-refractivity contribution in [3.63, 3.8) is 0 Å². The molecule has 1 aromatic carbocycles. The van der Waals surface area contributed by atoms with Gasteiger partial charge in [0, 0.05) is 36.9 Å². The van der Waals surface area contributed by atoms with Crippen LogP contribution in [0.5, 0.6) is 5.75 Å². The first kappa shape index (κ1) is 22.3. The molecule has 6 rings (SSSR count). The van der Waals surface area contributed by atoms with Crippen molar-refractivity contribution < 1.29 is 9.13 Å². The number of hydrogen-bond acceptors (Lipinski definition) is 4. The monoisotopic (exact) mass is 460 g/mol. The van der Waals surface area contributed by atoms with E-state index in [9.17, 15) is 9.18 Å². The van der Waals surface area contributed by atoms with E-state index in [4.69, 9.17) is 4.74 Å². The van der Waals surface area contributed by atoms with Gasteiger partial charge in [-0.25, -0.2) is 4.39 Å². The molecule has 6 nitrogen and oxygen atoms in total. The van der Waals surface area contributed by atoms with E-state index in [1.807, 2.05) is 6.07 Å². The van der Waals surface area contributed by atoms with Gasteiger partial charge in [0.25, 0.3) is 5.56 Å². The smallest absolute Gasteiger partial charge is 0.258 e. The highest BCUT2D eigenvalue weighted by Gasteiger charge is 2.34. The summed E-state index contributed by atoms with van der Waals surface area (Å²) in [4.78, 5) is 19.4. The number of rotatable bonds is 4. The van der Waals surface area contributed by atoms with E-state index in [0.717, 1.165) is 24.8 Å². The fraction of sp³-hybridized carbons (Fsp3) is 0.333. The Morgan fingerprint density at radius 1 is 1.15 bits per heavy atom. The molecule has 4 aromatic rings. The van der Waals surface area contributed by atoms with Gasteiger partial charge in [0.05, 0.1) is 29.1 Å². The van der Waals surface area contributed by atoms with Crippen LogP contribution in [0.4, 0.5) is 4.39 Å². The Bertz CT molecular complexity index is 1410. The van der Waals surface area contributed by atoms with Crippen LogP contribution in [-0.2, 0) is 20.1 Å². The van der Waals surface area contributed by atoms with Gasteiger partial charge in [0.1, 0.15) is 18.2 Å². The quantitative estimate of drug-likeness (QED) is 0.440. The fourth-order valence-electron chi connectivity index (χ4n) is 5.43. The highest BCUT2D eigenvalue weighted by molar-refractivity contribution is 5.87. The van der Waals surface area contributed by atoms with Crippen molar-refractivity contribution in [3.05, 3.63) is 88.0 Å². The largest absolute Gasteiger partial charge is 0.487 e. The second-order valence-corrected chi connectivity index (χ2v) is 8.90. The molecule has 3 aromatic heterocycles. The van der Waals surface area contributed by atoms with Crippen molar-refractivity contribution in [2.24, 2.45) is 7.05 Å². The van der Waals surface area contributed by atoms with Crippen molar-refractivity contribution in [1.29, 1.82) is 0 Å². The summed E-state index contributed by atoms with van der Waals surface area (Å²) in [6.45, 7) is 2.49. The molecule has 0 radical (unpaired) electrons. The normalized spacial score (nSPS) is 17.3. The van der Waals surface area contributed by atoms with Crippen LogP contribution in [0, 0.1) is 5.82 Å². The van der Waals surface area contributed by atoms with Crippen molar-refractivity contribution >= 4 is 10.9 Å². The Balaban J connectivity index is 0.00000241. The number of pyridine rings is 2. The molecule has 1 unspecified atom stereocenters. The molecule has 2 aliphatic heterocycles. The number of nitrogens with zero attached hydrogens (tertiary/aromatic N) is 4. The number of fused-ring (bicyclic) bond motifs is 5. The number of benzene rings is 1. The van der Waals surface area contributed by atoms with E-state index >= 15 is 0 Å². The van der Waals surface area contributed by atoms with Crippen molar-refractivity contribution in [2.75, 3.05) is 13.1 Å². The minimum atomic E-state index is -0.391. The number of aromatic nitrogens is 3. The molecule has 0 N–H and O–H groups in total. The first-order valence-electron chi connectivity index (χ1n) is 11.4. The van der Waals surface area contributed by atoms with E-state index in [2.05, 4.69) is 33.6 Å². The van der Waals surface area contributed by atoms with Gasteiger partial charge in [0.2, 0.25) is 0 Å². The molecule has 0 aliphatic carbocycles. The summed E-state index contributed by atoms with van der Waals surface area (Å²) in [5.74, 6) is 0.0667. The predicted octanol–water partition coefficient (Wildman–Crippen LogP) is 4.77. The summed E-state index contributed by atoms with van der Waals surface area (Å²) in [5.41, 5.74) is 5.34. The molecule has 176 valence electrons. The van der Waals surface area contributed by atoms with Gasteiger partial charge in [-0.05, 0) is 61.7 Å². The fourth-order valence-corrected chi connectivity index (χ4v) is 5.43. The molecule has 0 spiro atoms. The van der Waals surface area contributed by atoms with Crippen molar-refractivity contribution in [1.82, 2.24) is 19.0 Å². The average molecular weight is 461 g/mol. The van der Waals surface area contributed by atoms with Crippen LogP contribution < -0.4 is 10.3 Å². The maximum absolute atomic E-state index is 13.0. The molecule has 0 bridgehead atoms. The zero-order valence-electron chi connectivity index (χ0n) is 18.5. The Morgan fingerprint density at radius 2 is 2.03 bits per heavy atom. The van der Waals surface area contributed by atoms with E-state index in [1.165, 1.54) is 53.7 Å². The van der Waals surface area contributed by atoms with E-state index in [0.29, 0.717) is 17.5 Å². The molecule has 7 heteroatoms. The maximum Gasteiger partial charge on any atom is 0.258 e. The first-order chi connectivity index (χ1) is 16.1. The van der Waals surface area contributed by atoms with E-state index < -0.39 is 5.82 Å². The lowest BCUT2D eigenvalue weighted by Crippen LogP contribution is -2.31. The van der Waals surface area contributed by atoms with Gasteiger partial charge in [-0.1, -0.05) is 13.5 Å². The number of hydrogen-bond donors (Lipinski definition) is 0. The standard InChI is InChI=1S/C26H25FN4O2.CH4/c1-29-24-13-19(6-7-21(24)22-9-11-30-10-2-3-23(30)26(22)29)31-12-8-20(14-25(31)32)33-16-18-5-4-17(27)15-28-18;/h4-8,12-15,23H,2-3,9-11,16H2,1H3;1H4. The Labute approximate surface area is 198 Å². The molecule has 1 saturated heterocycles.